The van der Waals surface area contributed by atoms with Crippen molar-refractivity contribution in [1.29, 1.82) is 0 Å². The molecule has 11 heteroatoms. The van der Waals surface area contributed by atoms with Gasteiger partial charge >= 0.3 is 5.97 Å². The second-order valence-corrected chi connectivity index (χ2v) is 11.0. The number of aliphatic carboxylic acids is 1. The van der Waals surface area contributed by atoms with Gasteiger partial charge in [0.1, 0.15) is 17.6 Å². The van der Waals surface area contributed by atoms with Gasteiger partial charge < -0.3 is 25.4 Å². The molecule has 1 amide bonds. The molecule has 2 aromatic heterocycles. The van der Waals surface area contributed by atoms with Crippen molar-refractivity contribution in [2.24, 2.45) is 0 Å². The van der Waals surface area contributed by atoms with Crippen molar-refractivity contribution in [2.45, 2.75) is 77.4 Å². The van der Waals surface area contributed by atoms with Gasteiger partial charge in [-0.2, -0.15) is 0 Å². The molecule has 220 valence electrons. The zero-order chi connectivity index (χ0) is 29.1. The standard InChI is InChI=1S/C29H41F2N5O4/c1-29(2,3)40-19-18-36(16-5-4-9-21-12-11-20-8-6-15-33-26(20)34-21)17-13-23(28(38)39)35-27(37)22-10-7-14-32-24(22)25(30)31/h7,10-12,14,23,25H,4-6,8-9,13,15-19H2,1-3H3,(H,33,34)(H,35,37)(H,38,39). The number of carboxylic acid groups (broad SMARTS) is 1. The van der Waals surface area contributed by atoms with Crippen LogP contribution < -0.4 is 10.6 Å². The van der Waals surface area contributed by atoms with Gasteiger partial charge in [0.25, 0.3) is 12.3 Å². The Labute approximate surface area is 234 Å². The summed E-state index contributed by atoms with van der Waals surface area (Å²) in [4.78, 5) is 35.0. The van der Waals surface area contributed by atoms with Crippen LogP contribution in [0.4, 0.5) is 14.6 Å². The number of nitrogens with one attached hydrogen (secondary N) is 2. The van der Waals surface area contributed by atoms with E-state index in [0.29, 0.717) is 19.7 Å². The first-order valence-corrected chi connectivity index (χ1v) is 13.9. The predicted molar refractivity (Wildman–Crippen MR) is 149 cm³/mol. The first kappa shape index (κ1) is 31.3. The summed E-state index contributed by atoms with van der Waals surface area (Å²) in [5.74, 6) is -1.13. The van der Waals surface area contributed by atoms with Gasteiger partial charge in [0.15, 0.2) is 0 Å². The van der Waals surface area contributed by atoms with Crippen LogP contribution in [0.2, 0.25) is 0 Å². The highest BCUT2D eigenvalue weighted by Gasteiger charge is 2.25. The number of aromatic nitrogens is 2. The number of aryl methyl sites for hydroxylation is 2. The second kappa shape index (κ2) is 15.0. The first-order valence-electron chi connectivity index (χ1n) is 13.9. The highest BCUT2D eigenvalue weighted by Crippen LogP contribution is 2.21. The summed E-state index contributed by atoms with van der Waals surface area (Å²) in [6.45, 7) is 9.04. The van der Waals surface area contributed by atoms with Crippen molar-refractivity contribution < 1.29 is 28.2 Å². The number of hydrogen-bond donors (Lipinski definition) is 3. The number of pyridine rings is 2. The van der Waals surface area contributed by atoms with Gasteiger partial charge in [0.05, 0.1) is 17.8 Å². The van der Waals surface area contributed by atoms with E-state index in [1.165, 1.54) is 23.9 Å². The third-order valence-electron chi connectivity index (χ3n) is 6.68. The normalized spacial score (nSPS) is 14.1. The second-order valence-electron chi connectivity index (χ2n) is 11.0. The minimum Gasteiger partial charge on any atom is -0.480 e. The molecule has 3 N–H and O–H groups in total. The minimum atomic E-state index is -2.95. The lowest BCUT2D eigenvalue weighted by Gasteiger charge is -2.27. The molecule has 1 unspecified atom stereocenters. The molecule has 9 nitrogen and oxygen atoms in total. The number of carbonyl (C=O) groups is 2. The van der Waals surface area contributed by atoms with Gasteiger partial charge in [-0.05, 0) is 89.6 Å². The maximum absolute atomic E-state index is 13.3. The predicted octanol–water partition coefficient (Wildman–Crippen LogP) is 4.49. The van der Waals surface area contributed by atoms with Crippen LogP contribution in [0.25, 0.3) is 0 Å². The fraction of sp³-hybridized carbons (Fsp3) is 0.586. The number of unbranched alkanes of at least 4 members (excludes halogenated alkanes) is 1. The number of fused-ring (bicyclic) bond motifs is 1. The number of anilines is 1. The van der Waals surface area contributed by atoms with Crippen molar-refractivity contribution in [2.75, 3.05) is 38.1 Å². The van der Waals surface area contributed by atoms with E-state index in [9.17, 15) is 23.5 Å². The first-order chi connectivity index (χ1) is 19.0. The third kappa shape index (κ3) is 10.1. The molecule has 3 heterocycles. The summed E-state index contributed by atoms with van der Waals surface area (Å²) in [7, 11) is 0. The fourth-order valence-electron chi connectivity index (χ4n) is 4.55. The molecule has 2 aromatic rings. The van der Waals surface area contributed by atoms with Crippen molar-refractivity contribution in [3.05, 3.63) is 53.0 Å². The number of hydrogen-bond acceptors (Lipinski definition) is 7. The third-order valence-corrected chi connectivity index (χ3v) is 6.68. The van der Waals surface area contributed by atoms with Crippen molar-refractivity contribution in [3.63, 3.8) is 0 Å². The highest BCUT2D eigenvalue weighted by atomic mass is 19.3. The Balaban J connectivity index is 1.56. The zero-order valence-corrected chi connectivity index (χ0v) is 23.6. The molecule has 0 aliphatic carbocycles. The lowest BCUT2D eigenvalue weighted by atomic mass is 10.1. The molecule has 0 aromatic carbocycles. The Hall–Kier alpha value is -3.18. The topological polar surface area (TPSA) is 117 Å². The maximum Gasteiger partial charge on any atom is 0.326 e. The molecule has 1 aliphatic heterocycles. The Morgan fingerprint density at radius 2 is 1.98 bits per heavy atom. The molecule has 0 spiro atoms. The molecule has 0 fully saturated rings. The van der Waals surface area contributed by atoms with E-state index in [2.05, 4.69) is 32.7 Å². The van der Waals surface area contributed by atoms with Crippen LogP contribution >= 0.6 is 0 Å². The maximum atomic E-state index is 13.3. The fourth-order valence-corrected chi connectivity index (χ4v) is 4.55. The van der Waals surface area contributed by atoms with Gasteiger partial charge in [-0.15, -0.1) is 0 Å². The van der Waals surface area contributed by atoms with E-state index < -0.39 is 30.0 Å². The molecule has 0 bridgehead atoms. The summed E-state index contributed by atoms with van der Waals surface area (Å²) in [6, 6.07) is 5.57. The molecular weight excluding hydrogens is 520 g/mol. The molecular formula is C29H41F2N5O4. The lowest BCUT2D eigenvalue weighted by molar-refractivity contribution is -0.139. The highest BCUT2D eigenvalue weighted by molar-refractivity contribution is 5.97. The monoisotopic (exact) mass is 561 g/mol. The van der Waals surface area contributed by atoms with E-state index in [0.717, 1.165) is 56.7 Å². The number of carbonyl (C=O) groups excluding carboxylic acids is 1. The van der Waals surface area contributed by atoms with Crippen molar-refractivity contribution in [1.82, 2.24) is 20.2 Å². The Morgan fingerprint density at radius 3 is 2.70 bits per heavy atom. The number of carboxylic acids is 1. The van der Waals surface area contributed by atoms with E-state index in [1.807, 2.05) is 20.8 Å². The quantitative estimate of drug-likeness (QED) is 0.273. The number of nitrogens with zero attached hydrogens (tertiary/aromatic N) is 3. The number of halogens is 2. The van der Waals surface area contributed by atoms with Gasteiger partial charge in [0.2, 0.25) is 0 Å². The Bertz CT molecular complexity index is 1130. The van der Waals surface area contributed by atoms with Crippen LogP contribution in [0, 0.1) is 0 Å². The Kier molecular flexibility index (Phi) is 11.8. The molecule has 0 saturated heterocycles. The van der Waals surface area contributed by atoms with Crippen molar-refractivity contribution in [3.8, 4) is 0 Å². The van der Waals surface area contributed by atoms with Gasteiger partial charge in [0, 0.05) is 31.5 Å². The average molecular weight is 562 g/mol. The van der Waals surface area contributed by atoms with Crippen LogP contribution in [0.15, 0.2) is 30.5 Å². The summed E-state index contributed by atoms with van der Waals surface area (Å²) in [5.41, 5.74) is 0.998. The molecule has 0 radical (unpaired) electrons. The lowest BCUT2D eigenvalue weighted by Crippen LogP contribution is -2.44. The minimum absolute atomic E-state index is 0.110. The van der Waals surface area contributed by atoms with Crippen LogP contribution in [0.5, 0.6) is 0 Å². The van der Waals surface area contributed by atoms with Gasteiger partial charge in [-0.1, -0.05) is 6.07 Å². The van der Waals surface area contributed by atoms with Crippen LogP contribution in [-0.4, -0.2) is 76.3 Å². The van der Waals surface area contributed by atoms with Gasteiger partial charge in [-0.25, -0.2) is 18.6 Å². The number of amides is 1. The largest absolute Gasteiger partial charge is 0.480 e. The molecule has 1 atom stereocenters. The van der Waals surface area contributed by atoms with E-state index in [1.54, 1.807) is 0 Å². The van der Waals surface area contributed by atoms with Crippen LogP contribution in [0.3, 0.4) is 0 Å². The molecule has 3 rings (SSSR count). The summed E-state index contributed by atoms with van der Waals surface area (Å²) in [5, 5.41) is 15.5. The average Bonchev–Trinajstić information content (AvgIpc) is 2.91. The number of alkyl halides is 2. The summed E-state index contributed by atoms with van der Waals surface area (Å²) < 4.78 is 32.5. The summed E-state index contributed by atoms with van der Waals surface area (Å²) >= 11 is 0. The summed E-state index contributed by atoms with van der Waals surface area (Å²) in [6.07, 6.45) is 3.13. The van der Waals surface area contributed by atoms with E-state index in [4.69, 9.17) is 9.72 Å². The van der Waals surface area contributed by atoms with Crippen LogP contribution in [0.1, 0.15) is 80.2 Å². The van der Waals surface area contributed by atoms with E-state index >= 15 is 0 Å². The van der Waals surface area contributed by atoms with Crippen LogP contribution in [-0.2, 0) is 22.4 Å². The molecule has 0 saturated carbocycles. The smallest absolute Gasteiger partial charge is 0.326 e. The van der Waals surface area contributed by atoms with Crippen molar-refractivity contribution >= 4 is 17.7 Å². The molecule has 1 aliphatic rings. The number of ether oxygens (including phenoxy) is 1. The van der Waals surface area contributed by atoms with Gasteiger partial charge in [-0.3, -0.25) is 9.78 Å². The molecule has 40 heavy (non-hydrogen) atoms. The SMILES string of the molecule is CC(C)(C)OCCN(CCCCc1ccc2c(n1)NCCC2)CCC(NC(=O)c1cccnc1C(F)F)C(=O)O. The van der Waals surface area contributed by atoms with E-state index in [-0.39, 0.29) is 17.6 Å². The number of rotatable bonds is 15. The Morgan fingerprint density at radius 1 is 1.18 bits per heavy atom. The zero-order valence-electron chi connectivity index (χ0n) is 23.6.